The number of ether oxygens (including phenoxy) is 1. The van der Waals surface area contributed by atoms with Gasteiger partial charge in [-0.05, 0) is 18.4 Å². The van der Waals surface area contributed by atoms with Gasteiger partial charge in [-0.3, -0.25) is 4.79 Å². The Morgan fingerprint density at radius 3 is 2.70 bits per heavy atom. The van der Waals surface area contributed by atoms with Crippen molar-refractivity contribution in [2.45, 2.75) is 11.5 Å². The number of H-pyrrole nitrogens is 1. The van der Waals surface area contributed by atoms with Gasteiger partial charge in [-0.2, -0.15) is 5.26 Å². The zero-order valence-corrected chi connectivity index (χ0v) is 12.9. The number of aromatic nitrogens is 2. The van der Waals surface area contributed by atoms with Gasteiger partial charge in [0.2, 0.25) is 0 Å². The average molecular weight is 362 g/mol. The molecule has 1 aromatic carbocycles. The molecule has 5 nitrogen and oxygen atoms in total. The van der Waals surface area contributed by atoms with E-state index in [0.29, 0.717) is 0 Å². The number of nitriles is 1. The summed E-state index contributed by atoms with van der Waals surface area (Å²) >= 11 is 7.01. The fourth-order valence-electron chi connectivity index (χ4n) is 1.78. The Kier molecular flexibility index (Phi) is 4.87. The van der Waals surface area contributed by atoms with Crippen LogP contribution in [0.2, 0.25) is 5.02 Å². The number of hydrogen-bond donors (Lipinski definition) is 1. The van der Waals surface area contributed by atoms with Crippen molar-refractivity contribution in [3.63, 3.8) is 0 Å². The number of benzene rings is 1. The fourth-order valence-corrected chi connectivity index (χ4v) is 2.41. The summed E-state index contributed by atoms with van der Waals surface area (Å²) in [5.41, 5.74) is -1.78. The molecule has 1 aromatic heterocycles. The molecule has 0 bridgehead atoms. The minimum absolute atomic E-state index is 0.127. The highest BCUT2D eigenvalue weighted by Crippen LogP contribution is 2.39. The Labute approximate surface area is 137 Å². The second-order valence-electron chi connectivity index (χ2n) is 4.07. The normalized spacial score (nSPS) is 11.1. The van der Waals surface area contributed by atoms with Crippen LogP contribution in [0, 0.1) is 11.3 Å². The fraction of sp³-hybridized carbons (Fsp3) is 0.154. The molecule has 0 aliphatic carbocycles. The van der Waals surface area contributed by atoms with Crippen LogP contribution in [-0.2, 0) is 0 Å². The van der Waals surface area contributed by atoms with Crippen LogP contribution in [0.15, 0.2) is 28.2 Å². The number of hydrogen-bond acceptors (Lipinski definition) is 5. The average Bonchev–Trinajstić information content (AvgIpc) is 2.45. The first kappa shape index (κ1) is 17.2. The highest BCUT2D eigenvalue weighted by Gasteiger charge is 2.33. The lowest BCUT2D eigenvalue weighted by Gasteiger charge is -2.15. The SMILES string of the molecule is CSc1nc(-c2c(Cl)cccc2OC(F)(F)F)c(C#N)c(=O)[nH]1. The van der Waals surface area contributed by atoms with Crippen molar-refractivity contribution in [1.82, 2.24) is 9.97 Å². The molecule has 0 atom stereocenters. The van der Waals surface area contributed by atoms with E-state index in [9.17, 15) is 18.0 Å². The summed E-state index contributed by atoms with van der Waals surface area (Å²) in [5, 5.41) is 9.11. The monoisotopic (exact) mass is 361 g/mol. The van der Waals surface area contributed by atoms with Crippen LogP contribution in [0.3, 0.4) is 0 Å². The predicted molar refractivity (Wildman–Crippen MR) is 78.5 cm³/mol. The van der Waals surface area contributed by atoms with Crippen molar-refractivity contribution < 1.29 is 17.9 Å². The molecule has 1 heterocycles. The maximum Gasteiger partial charge on any atom is 0.573 e. The Morgan fingerprint density at radius 2 is 2.13 bits per heavy atom. The van der Waals surface area contributed by atoms with Gasteiger partial charge in [0.05, 0.1) is 10.6 Å². The first-order valence-electron chi connectivity index (χ1n) is 5.90. The number of thioether (sulfide) groups is 1. The summed E-state index contributed by atoms with van der Waals surface area (Å²) in [4.78, 5) is 18.2. The summed E-state index contributed by atoms with van der Waals surface area (Å²) in [6, 6.07) is 5.21. The van der Waals surface area contributed by atoms with E-state index >= 15 is 0 Å². The van der Waals surface area contributed by atoms with Gasteiger partial charge in [0, 0.05) is 0 Å². The number of nitrogens with one attached hydrogen (secondary N) is 1. The third-order valence-corrected chi connectivity index (χ3v) is 3.54. The van der Waals surface area contributed by atoms with E-state index in [1.54, 1.807) is 12.3 Å². The maximum absolute atomic E-state index is 12.6. The zero-order chi connectivity index (χ0) is 17.2. The van der Waals surface area contributed by atoms with E-state index in [-0.39, 0.29) is 21.4 Å². The zero-order valence-electron chi connectivity index (χ0n) is 11.4. The van der Waals surface area contributed by atoms with Crippen molar-refractivity contribution in [2.24, 2.45) is 0 Å². The van der Waals surface area contributed by atoms with E-state index in [4.69, 9.17) is 16.9 Å². The molecule has 1 N–H and O–H groups in total. The van der Waals surface area contributed by atoms with Crippen molar-refractivity contribution in [3.05, 3.63) is 39.1 Å². The molecular weight excluding hydrogens is 355 g/mol. The van der Waals surface area contributed by atoms with Gasteiger partial charge in [0.1, 0.15) is 23.1 Å². The van der Waals surface area contributed by atoms with Gasteiger partial charge < -0.3 is 9.72 Å². The number of aromatic amines is 1. The third kappa shape index (κ3) is 3.78. The van der Waals surface area contributed by atoms with E-state index in [2.05, 4.69) is 14.7 Å². The highest BCUT2D eigenvalue weighted by atomic mass is 35.5. The second kappa shape index (κ2) is 6.52. The maximum atomic E-state index is 12.6. The van der Waals surface area contributed by atoms with E-state index in [1.807, 2.05) is 0 Å². The van der Waals surface area contributed by atoms with Crippen LogP contribution in [0.4, 0.5) is 13.2 Å². The molecule has 120 valence electrons. The standard InChI is InChI=1S/C13H7ClF3N3O2S/c1-23-12-19-10(6(5-18)11(21)20-12)9-7(14)3-2-4-8(9)22-13(15,16)17/h2-4H,1H3,(H,19,20,21). The molecule has 0 radical (unpaired) electrons. The molecule has 0 amide bonds. The van der Waals surface area contributed by atoms with Gasteiger partial charge in [0.15, 0.2) is 5.16 Å². The Morgan fingerprint density at radius 1 is 1.43 bits per heavy atom. The number of halogens is 4. The number of alkyl halides is 3. The molecule has 0 unspecified atom stereocenters. The summed E-state index contributed by atoms with van der Waals surface area (Å²) in [5.74, 6) is -0.647. The number of rotatable bonds is 3. The van der Waals surface area contributed by atoms with Gasteiger partial charge in [-0.15, -0.1) is 13.2 Å². The molecule has 0 spiro atoms. The lowest BCUT2D eigenvalue weighted by Crippen LogP contribution is -2.19. The van der Waals surface area contributed by atoms with Gasteiger partial charge in [0.25, 0.3) is 5.56 Å². The molecule has 2 rings (SSSR count). The summed E-state index contributed by atoms with van der Waals surface area (Å²) in [6.45, 7) is 0. The lowest BCUT2D eigenvalue weighted by molar-refractivity contribution is -0.274. The molecule has 23 heavy (non-hydrogen) atoms. The molecule has 0 saturated carbocycles. The lowest BCUT2D eigenvalue weighted by atomic mass is 10.1. The predicted octanol–water partition coefficient (Wildman–Crippen LogP) is 3.58. The quantitative estimate of drug-likeness (QED) is 0.667. The molecule has 0 aliphatic rings. The third-order valence-electron chi connectivity index (χ3n) is 2.64. The van der Waals surface area contributed by atoms with Gasteiger partial charge in [-0.25, -0.2) is 4.98 Å². The second-order valence-corrected chi connectivity index (χ2v) is 5.27. The molecule has 10 heteroatoms. The van der Waals surface area contributed by atoms with Crippen molar-refractivity contribution in [3.8, 4) is 23.1 Å². The minimum Gasteiger partial charge on any atom is -0.405 e. The van der Waals surface area contributed by atoms with Crippen molar-refractivity contribution in [1.29, 1.82) is 5.26 Å². The summed E-state index contributed by atoms with van der Waals surface area (Å²) in [6.07, 6.45) is -3.36. The Balaban J connectivity index is 2.79. The van der Waals surface area contributed by atoms with Crippen LogP contribution in [0.1, 0.15) is 5.56 Å². The van der Waals surface area contributed by atoms with Gasteiger partial charge >= 0.3 is 6.36 Å². The smallest absolute Gasteiger partial charge is 0.405 e. The summed E-state index contributed by atoms with van der Waals surface area (Å²) < 4.78 is 41.6. The van der Waals surface area contributed by atoms with Crippen LogP contribution < -0.4 is 10.3 Å². The van der Waals surface area contributed by atoms with E-state index in [1.165, 1.54) is 12.1 Å². The first-order chi connectivity index (χ1) is 10.8. The molecule has 0 aliphatic heterocycles. The van der Waals surface area contributed by atoms with E-state index < -0.39 is 23.2 Å². The van der Waals surface area contributed by atoms with E-state index in [0.717, 1.165) is 17.8 Å². The van der Waals surface area contributed by atoms with Crippen LogP contribution in [0.5, 0.6) is 5.75 Å². The van der Waals surface area contributed by atoms with Gasteiger partial charge in [-0.1, -0.05) is 29.4 Å². The molecule has 0 fully saturated rings. The van der Waals surface area contributed by atoms with Crippen LogP contribution in [0.25, 0.3) is 11.3 Å². The number of nitrogens with zero attached hydrogens (tertiary/aromatic N) is 2. The Hall–Kier alpha value is -2.18. The van der Waals surface area contributed by atoms with Crippen LogP contribution in [-0.4, -0.2) is 22.6 Å². The largest absolute Gasteiger partial charge is 0.573 e. The first-order valence-corrected chi connectivity index (χ1v) is 7.50. The molecule has 0 saturated heterocycles. The Bertz CT molecular complexity index is 846. The highest BCUT2D eigenvalue weighted by molar-refractivity contribution is 7.98. The topological polar surface area (TPSA) is 78.8 Å². The molecule has 2 aromatic rings. The molecular formula is C13H7ClF3N3O2S. The van der Waals surface area contributed by atoms with Crippen LogP contribution >= 0.6 is 23.4 Å². The summed E-state index contributed by atoms with van der Waals surface area (Å²) in [7, 11) is 0. The van der Waals surface area contributed by atoms with Crippen molar-refractivity contribution >= 4 is 23.4 Å². The minimum atomic E-state index is -4.96. The van der Waals surface area contributed by atoms with Crippen molar-refractivity contribution in [2.75, 3.05) is 6.26 Å².